The van der Waals surface area contributed by atoms with E-state index in [0.29, 0.717) is 12.7 Å². The number of carbonyl (C=O) groups excluding carboxylic acids is 2. The van der Waals surface area contributed by atoms with E-state index < -0.39 is 0 Å². The molecule has 1 unspecified atom stereocenters. The third-order valence-electron chi connectivity index (χ3n) is 2.83. The van der Waals surface area contributed by atoms with Gasteiger partial charge in [0.1, 0.15) is 0 Å². The van der Waals surface area contributed by atoms with Crippen LogP contribution >= 0.6 is 9.24 Å². The molecule has 0 aromatic rings. The van der Waals surface area contributed by atoms with Crippen LogP contribution in [0.2, 0.25) is 0 Å². The lowest BCUT2D eigenvalue weighted by molar-refractivity contribution is -0.147. The Morgan fingerprint density at radius 3 is 2.57 bits per heavy atom. The molecule has 1 aliphatic rings. The summed E-state index contributed by atoms with van der Waals surface area (Å²) in [5.41, 5.74) is -0.351. The van der Waals surface area contributed by atoms with Crippen LogP contribution in [0, 0.1) is 11.3 Å². The molecule has 4 heteroatoms. The highest BCUT2D eigenvalue weighted by atomic mass is 31.0. The molecule has 0 saturated carbocycles. The molecular formula is C10H18NO2P. The lowest BCUT2D eigenvalue weighted by Gasteiger charge is -2.20. The Bertz CT molecular complexity index is 263. The van der Waals surface area contributed by atoms with Crippen molar-refractivity contribution in [2.24, 2.45) is 11.3 Å². The van der Waals surface area contributed by atoms with Crippen molar-refractivity contribution >= 4 is 21.1 Å². The van der Waals surface area contributed by atoms with Gasteiger partial charge >= 0.3 is 0 Å². The topological polar surface area (TPSA) is 37.4 Å². The first kappa shape index (κ1) is 11.6. The van der Waals surface area contributed by atoms with Crippen LogP contribution < -0.4 is 0 Å². The summed E-state index contributed by atoms with van der Waals surface area (Å²) in [6, 6.07) is 0. The van der Waals surface area contributed by atoms with Crippen LogP contribution in [0.4, 0.5) is 0 Å². The molecule has 1 rings (SSSR count). The molecule has 3 nitrogen and oxygen atoms in total. The molecule has 0 aromatic heterocycles. The Morgan fingerprint density at radius 2 is 2.21 bits per heavy atom. The summed E-state index contributed by atoms with van der Waals surface area (Å²) < 4.78 is 0. The van der Waals surface area contributed by atoms with E-state index in [1.807, 2.05) is 20.8 Å². The number of imide groups is 1. The van der Waals surface area contributed by atoms with E-state index in [1.54, 1.807) is 0 Å². The van der Waals surface area contributed by atoms with Crippen LogP contribution in [0.1, 0.15) is 27.2 Å². The normalized spacial score (nSPS) is 22.6. The quantitative estimate of drug-likeness (QED) is 0.651. The average Bonchev–Trinajstić information content (AvgIpc) is 2.40. The van der Waals surface area contributed by atoms with Crippen molar-refractivity contribution in [3.63, 3.8) is 0 Å². The van der Waals surface area contributed by atoms with Crippen LogP contribution in [0.5, 0.6) is 0 Å². The Kier molecular flexibility index (Phi) is 3.31. The smallest absolute Gasteiger partial charge is 0.234 e. The number of hydrogen-bond donors (Lipinski definition) is 0. The van der Waals surface area contributed by atoms with Crippen LogP contribution in [-0.4, -0.2) is 29.4 Å². The molecule has 2 atom stereocenters. The van der Waals surface area contributed by atoms with Crippen LogP contribution in [0.25, 0.3) is 0 Å². The molecule has 0 aliphatic carbocycles. The summed E-state index contributed by atoms with van der Waals surface area (Å²) >= 11 is 0. The second-order valence-electron chi connectivity index (χ2n) is 4.57. The fourth-order valence-corrected chi connectivity index (χ4v) is 1.74. The van der Waals surface area contributed by atoms with Gasteiger partial charge in [0.15, 0.2) is 0 Å². The highest BCUT2D eigenvalue weighted by Crippen LogP contribution is 2.31. The number of rotatable bonds is 2. The van der Waals surface area contributed by atoms with Crippen molar-refractivity contribution in [2.75, 3.05) is 12.7 Å². The molecule has 1 heterocycles. The van der Waals surface area contributed by atoms with Gasteiger partial charge in [0.25, 0.3) is 0 Å². The molecule has 14 heavy (non-hydrogen) atoms. The predicted octanol–water partition coefficient (Wildman–Crippen LogP) is 1.28. The van der Waals surface area contributed by atoms with E-state index in [2.05, 4.69) is 9.24 Å². The first-order chi connectivity index (χ1) is 6.40. The minimum atomic E-state index is -0.351. The summed E-state index contributed by atoms with van der Waals surface area (Å²) in [6.07, 6.45) is 1.49. The average molecular weight is 215 g/mol. The van der Waals surface area contributed by atoms with E-state index in [0.717, 1.165) is 6.42 Å². The minimum Gasteiger partial charge on any atom is -0.282 e. The summed E-state index contributed by atoms with van der Waals surface area (Å²) in [7, 11) is 2.54. The van der Waals surface area contributed by atoms with Crippen molar-refractivity contribution in [1.82, 2.24) is 4.90 Å². The van der Waals surface area contributed by atoms with E-state index in [4.69, 9.17) is 0 Å². The van der Waals surface area contributed by atoms with Crippen molar-refractivity contribution in [2.45, 2.75) is 27.2 Å². The van der Waals surface area contributed by atoms with Gasteiger partial charge in [-0.2, -0.15) is 0 Å². The Labute approximate surface area is 87.4 Å². The molecule has 1 fully saturated rings. The largest absolute Gasteiger partial charge is 0.282 e. The van der Waals surface area contributed by atoms with Crippen molar-refractivity contribution in [1.29, 1.82) is 0 Å². The number of hydrogen-bond acceptors (Lipinski definition) is 2. The maximum absolute atomic E-state index is 11.8. The van der Waals surface area contributed by atoms with Gasteiger partial charge in [0.2, 0.25) is 11.8 Å². The first-order valence-corrected chi connectivity index (χ1v) is 5.77. The van der Waals surface area contributed by atoms with Gasteiger partial charge in [-0.25, -0.2) is 0 Å². The first-order valence-electron chi connectivity index (χ1n) is 4.96. The second-order valence-corrected chi connectivity index (χ2v) is 5.04. The van der Waals surface area contributed by atoms with Crippen molar-refractivity contribution < 1.29 is 9.59 Å². The minimum absolute atomic E-state index is 0.0206. The van der Waals surface area contributed by atoms with E-state index in [1.165, 1.54) is 4.90 Å². The number of carbonyl (C=O) groups is 2. The fraction of sp³-hybridized carbons (Fsp3) is 0.800. The molecular weight excluding hydrogens is 197 g/mol. The van der Waals surface area contributed by atoms with Crippen LogP contribution in [-0.2, 0) is 9.59 Å². The summed E-state index contributed by atoms with van der Waals surface area (Å²) in [5, 5.41) is 0. The zero-order valence-corrected chi connectivity index (χ0v) is 10.2. The molecule has 80 valence electrons. The van der Waals surface area contributed by atoms with E-state index in [9.17, 15) is 9.59 Å². The third-order valence-corrected chi connectivity index (χ3v) is 3.53. The standard InChI is InChI=1S/C10H18NO2P/c1-7(6-14)8(12)11-5-4-10(2,3)9(11)13/h7H,4-6,14H2,1-3H3/t7-/m1/s1. The van der Waals surface area contributed by atoms with E-state index in [-0.39, 0.29) is 23.1 Å². The van der Waals surface area contributed by atoms with E-state index >= 15 is 0 Å². The number of amides is 2. The highest BCUT2D eigenvalue weighted by molar-refractivity contribution is 7.16. The zero-order chi connectivity index (χ0) is 10.9. The Hall–Kier alpha value is -0.430. The van der Waals surface area contributed by atoms with Crippen LogP contribution in [0.15, 0.2) is 0 Å². The molecule has 0 N–H and O–H groups in total. The Morgan fingerprint density at radius 1 is 1.64 bits per heavy atom. The zero-order valence-electron chi connectivity index (χ0n) is 9.04. The third kappa shape index (κ3) is 1.98. The van der Waals surface area contributed by atoms with Gasteiger partial charge in [-0.1, -0.05) is 20.8 Å². The predicted molar refractivity (Wildman–Crippen MR) is 58.9 cm³/mol. The highest BCUT2D eigenvalue weighted by Gasteiger charge is 2.42. The van der Waals surface area contributed by atoms with Crippen molar-refractivity contribution in [3.8, 4) is 0 Å². The molecule has 0 aromatic carbocycles. The lowest BCUT2D eigenvalue weighted by atomic mass is 9.92. The molecule has 1 aliphatic heterocycles. The maximum Gasteiger partial charge on any atom is 0.234 e. The van der Waals surface area contributed by atoms with Gasteiger partial charge in [0.05, 0.1) is 0 Å². The van der Waals surface area contributed by atoms with Gasteiger partial charge in [0, 0.05) is 17.9 Å². The number of likely N-dealkylation sites (tertiary alicyclic amines) is 1. The SMILES string of the molecule is C[C@H](CP)C(=O)N1CCC(C)(C)C1=O. The summed E-state index contributed by atoms with van der Waals surface area (Å²) in [4.78, 5) is 25.0. The molecule has 0 spiro atoms. The fourth-order valence-electron chi connectivity index (χ4n) is 1.54. The van der Waals surface area contributed by atoms with Gasteiger partial charge in [-0.3, -0.25) is 14.5 Å². The molecule has 0 bridgehead atoms. The summed E-state index contributed by atoms with van der Waals surface area (Å²) in [6.45, 7) is 6.23. The molecule has 1 saturated heterocycles. The van der Waals surface area contributed by atoms with Crippen molar-refractivity contribution in [3.05, 3.63) is 0 Å². The van der Waals surface area contributed by atoms with Gasteiger partial charge < -0.3 is 0 Å². The molecule has 0 radical (unpaired) electrons. The maximum atomic E-state index is 11.8. The second kappa shape index (κ2) is 3.98. The van der Waals surface area contributed by atoms with Crippen LogP contribution in [0.3, 0.4) is 0 Å². The van der Waals surface area contributed by atoms with Gasteiger partial charge in [-0.05, 0) is 12.6 Å². The number of nitrogens with zero attached hydrogens (tertiary/aromatic N) is 1. The lowest BCUT2D eigenvalue weighted by Crippen LogP contribution is -2.39. The molecule has 2 amide bonds. The monoisotopic (exact) mass is 215 g/mol. The van der Waals surface area contributed by atoms with Gasteiger partial charge in [-0.15, -0.1) is 9.24 Å². The Balaban J connectivity index is 2.73. The summed E-state index contributed by atoms with van der Waals surface area (Å²) in [5.74, 6) is -0.124.